The highest BCUT2D eigenvalue weighted by Crippen LogP contribution is 2.06. The second kappa shape index (κ2) is 3.62. The van der Waals surface area contributed by atoms with Crippen molar-refractivity contribution < 1.29 is 14.4 Å². The van der Waals surface area contributed by atoms with Gasteiger partial charge in [-0.15, -0.1) is 0 Å². The van der Waals surface area contributed by atoms with Gasteiger partial charge in [-0.2, -0.15) is 0 Å². The molecule has 66 valence electrons. The van der Waals surface area contributed by atoms with Crippen LogP contribution in [0.3, 0.4) is 0 Å². The van der Waals surface area contributed by atoms with E-state index in [1.165, 1.54) is 12.1 Å². The van der Waals surface area contributed by atoms with Gasteiger partial charge in [-0.1, -0.05) is 24.3 Å². The van der Waals surface area contributed by atoms with Crippen LogP contribution in [0.25, 0.3) is 0 Å². The Balaban J connectivity index is 3.20. The van der Waals surface area contributed by atoms with E-state index in [1.54, 1.807) is 12.1 Å². The Morgan fingerprint density at radius 1 is 1.23 bits per heavy atom. The largest absolute Gasteiger partial charge is 0.363 e. The Hall–Kier alpha value is -1.97. The van der Waals surface area contributed by atoms with Crippen molar-refractivity contribution in [2.24, 2.45) is 5.73 Å². The predicted octanol–water partition coefficient (Wildman–Crippen LogP) is 0.167. The van der Waals surface area contributed by atoms with Crippen LogP contribution in [0.15, 0.2) is 24.3 Å². The Morgan fingerprint density at radius 3 is 2.38 bits per heavy atom. The van der Waals surface area contributed by atoms with Gasteiger partial charge in [-0.3, -0.25) is 14.4 Å². The highest BCUT2D eigenvalue weighted by atomic mass is 16.2. The van der Waals surface area contributed by atoms with Crippen molar-refractivity contribution in [2.75, 3.05) is 0 Å². The van der Waals surface area contributed by atoms with Gasteiger partial charge < -0.3 is 5.73 Å². The van der Waals surface area contributed by atoms with Crippen molar-refractivity contribution in [3.63, 3.8) is 0 Å². The van der Waals surface area contributed by atoms with E-state index in [-0.39, 0.29) is 11.1 Å². The fourth-order valence-electron chi connectivity index (χ4n) is 0.939. The van der Waals surface area contributed by atoms with Gasteiger partial charge in [0.15, 0.2) is 6.29 Å². The van der Waals surface area contributed by atoms with Gasteiger partial charge in [-0.25, -0.2) is 0 Å². The third-order valence-corrected chi connectivity index (χ3v) is 1.56. The molecule has 0 spiro atoms. The zero-order chi connectivity index (χ0) is 9.84. The number of amides is 1. The number of rotatable bonds is 3. The molecule has 4 heteroatoms. The summed E-state index contributed by atoms with van der Waals surface area (Å²) in [5.74, 6) is -1.91. The minimum absolute atomic E-state index is 0.0463. The maximum atomic E-state index is 11.1. The maximum absolute atomic E-state index is 11.1. The summed E-state index contributed by atoms with van der Waals surface area (Å²) in [5.41, 5.74) is 5.01. The molecule has 1 rings (SSSR count). The first-order valence-electron chi connectivity index (χ1n) is 3.55. The number of primary amides is 1. The quantitative estimate of drug-likeness (QED) is 0.406. The summed E-state index contributed by atoms with van der Waals surface area (Å²) in [6.45, 7) is 0. The molecule has 1 aromatic carbocycles. The van der Waals surface area contributed by atoms with E-state index < -0.39 is 11.7 Å². The topological polar surface area (TPSA) is 77.2 Å². The average molecular weight is 177 g/mol. The van der Waals surface area contributed by atoms with Crippen LogP contribution in [-0.4, -0.2) is 18.0 Å². The number of carbonyl (C=O) groups excluding carboxylic acids is 3. The smallest absolute Gasteiger partial charge is 0.289 e. The van der Waals surface area contributed by atoms with Gasteiger partial charge in [0, 0.05) is 11.1 Å². The van der Waals surface area contributed by atoms with Crippen LogP contribution < -0.4 is 5.73 Å². The van der Waals surface area contributed by atoms with E-state index in [0.717, 1.165) is 0 Å². The van der Waals surface area contributed by atoms with Gasteiger partial charge in [0.05, 0.1) is 0 Å². The first-order chi connectivity index (χ1) is 6.16. The number of nitrogens with two attached hydrogens (primary N) is 1. The fourth-order valence-corrected chi connectivity index (χ4v) is 0.939. The first kappa shape index (κ1) is 9.12. The zero-order valence-corrected chi connectivity index (χ0v) is 6.69. The second-order valence-corrected chi connectivity index (χ2v) is 2.40. The summed E-state index contributed by atoms with van der Waals surface area (Å²) in [5, 5.41) is 0. The number of aldehydes is 1. The molecule has 13 heavy (non-hydrogen) atoms. The molecular weight excluding hydrogens is 170 g/mol. The van der Waals surface area contributed by atoms with E-state index in [9.17, 15) is 14.4 Å². The minimum Gasteiger partial charge on any atom is -0.363 e. The van der Waals surface area contributed by atoms with Crippen LogP contribution in [0, 0.1) is 0 Å². The molecule has 0 saturated carbocycles. The summed E-state index contributed by atoms with van der Waals surface area (Å²) in [4.78, 5) is 32.1. The molecule has 0 atom stereocenters. The number of ketones is 1. The molecule has 0 aliphatic rings. The molecule has 0 aliphatic carbocycles. The predicted molar refractivity (Wildman–Crippen MR) is 45.4 cm³/mol. The highest BCUT2D eigenvalue weighted by Gasteiger charge is 2.15. The molecule has 4 nitrogen and oxygen atoms in total. The van der Waals surface area contributed by atoms with E-state index in [0.29, 0.717) is 6.29 Å². The molecule has 0 aromatic heterocycles. The summed E-state index contributed by atoms with van der Waals surface area (Å²) < 4.78 is 0. The Morgan fingerprint density at radius 2 is 1.85 bits per heavy atom. The molecule has 0 saturated heterocycles. The van der Waals surface area contributed by atoms with Crippen molar-refractivity contribution in [3.05, 3.63) is 35.4 Å². The molecule has 1 amide bonds. The van der Waals surface area contributed by atoms with E-state index in [2.05, 4.69) is 0 Å². The SMILES string of the molecule is NC(=O)C(=O)c1ccccc1C=O. The van der Waals surface area contributed by atoms with E-state index in [1.807, 2.05) is 0 Å². The lowest BCUT2D eigenvalue weighted by atomic mass is 10.0. The summed E-state index contributed by atoms with van der Waals surface area (Å²) >= 11 is 0. The monoisotopic (exact) mass is 177 g/mol. The fraction of sp³-hybridized carbons (Fsp3) is 0. The number of carbonyl (C=O) groups is 3. The van der Waals surface area contributed by atoms with Crippen LogP contribution in [0.5, 0.6) is 0 Å². The van der Waals surface area contributed by atoms with Crippen molar-refractivity contribution in [1.29, 1.82) is 0 Å². The summed E-state index contributed by atoms with van der Waals surface area (Å²) in [7, 11) is 0. The van der Waals surface area contributed by atoms with Gasteiger partial charge in [-0.05, 0) is 0 Å². The van der Waals surface area contributed by atoms with Crippen LogP contribution in [0.2, 0.25) is 0 Å². The third-order valence-electron chi connectivity index (χ3n) is 1.56. The standard InChI is InChI=1S/C9H7NO3/c10-9(13)8(12)7-4-2-1-3-6(7)5-11/h1-5H,(H2,10,13). The van der Waals surface area contributed by atoms with Crippen molar-refractivity contribution in [1.82, 2.24) is 0 Å². The van der Waals surface area contributed by atoms with E-state index in [4.69, 9.17) is 5.73 Å². The van der Waals surface area contributed by atoms with Gasteiger partial charge in [0.1, 0.15) is 0 Å². The zero-order valence-electron chi connectivity index (χ0n) is 6.69. The molecule has 0 unspecified atom stereocenters. The third kappa shape index (κ3) is 1.79. The lowest BCUT2D eigenvalue weighted by Gasteiger charge is -1.98. The van der Waals surface area contributed by atoms with Crippen molar-refractivity contribution in [3.8, 4) is 0 Å². The lowest BCUT2D eigenvalue weighted by molar-refractivity contribution is -0.114. The number of hydrogen-bond acceptors (Lipinski definition) is 3. The molecule has 0 heterocycles. The van der Waals surface area contributed by atoms with Crippen molar-refractivity contribution in [2.45, 2.75) is 0 Å². The van der Waals surface area contributed by atoms with Crippen LogP contribution in [0.4, 0.5) is 0 Å². The molecule has 1 aromatic rings. The van der Waals surface area contributed by atoms with Crippen LogP contribution in [0.1, 0.15) is 20.7 Å². The average Bonchev–Trinajstić information content (AvgIpc) is 2.16. The molecular formula is C9H7NO3. The first-order valence-corrected chi connectivity index (χ1v) is 3.55. The van der Waals surface area contributed by atoms with Gasteiger partial charge in [0.25, 0.3) is 11.7 Å². The lowest BCUT2D eigenvalue weighted by Crippen LogP contribution is -2.24. The number of Topliss-reactive ketones (excluding diaryl/α,β-unsaturated/α-hetero) is 1. The summed E-state index contributed by atoms with van der Waals surface area (Å²) in [6.07, 6.45) is 0.510. The Bertz CT molecular complexity index is 371. The van der Waals surface area contributed by atoms with Crippen LogP contribution >= 0.6 is 0 Å². The normalized spacial score (nSPS) is 9.23. The van der Waals surface area contributed by atoms with Crippen molar-refractivity contribution >= 4 is 18.0 Å². The number of benzene rings is 1. The Labute approximate surface area is 74.4 Å². The number of hydrogen-bond donors (Lipinski definition) is 1. The molecule has 2 N–H and O–H groups in total. The molecule has 0 fully saturated rings. The minimum atomic E-state index is -1.06. The van der Waals surface area contributed by atoms with Gasteiger partial charge >= 0.3 is 0 Å². The molecule has 0 bridgehead atoms. The second-order valence-electron chi connectivity index (χ2n) is 2.40. The Kier molecular flexibility index (Phi) is 2.54. The molecule has 0 aliphatic heterocycles. The van der Waals surface area contributed by atoms with Gasteiger partial charge in [0.2, 0.25) is 0 Å². The molecule has 0 radical (unpaired) electrons. The highest BCUT2D eigenvalue weighted by molar-refractivity contribution is 6.43. The van der Waals surface area contributed by atoms with Crippen LogP contribution in [-0.2, 0) is 4.79 Å². The maximum Gasteiger partial charge on any atom is 0.289 e. The summed E-state index contributed by atoms with van der Waals surface area (Å²) in [6, 6.07) is 5.99. The van der Waals surface area contributed by atoms with E-state index >= 15 is 0 Å².